The van der Waals surface area contributed by atoms with Crippen molar-refractivity contribution in [2.45, 2.75) is 24.8 Å². The van der Waals surface area contributed by atoms with Gasteiger partial charge in [0.15, 0.2) is 0 Å². The van der Waals surface area contributed by atoms with Crippen LogP contribution in [0.15, 0.2) is 29.2 Å². The van der Waals surface area contributed by atoms with Crippen molar-refractivity contribution in [2.75, 3.05) is 26.0 Å². The predicted molar refractivity (Wildman–Crippen MR) is 71.2 cm³/mol. The number of methoxy groups -OCH3 is 1. The second-order valence-electron chi connectivity index (χ2n) is 3.84. The Balaban J connectivity index is 2.41. The highest BCUT2D eigenvalue weighted by Gasteiger charge is 2.07. The van der Waals surface area contributed by atoms with Gasteiger partial charge in [-0.1, -0.05) is 24.6 Å². The average molecular weight is 239 g/mol. The minimum absolute atomic E-state index is 0.431. The summed E-state index contributed by atoms with van der Waals surface area (Å²) >= 11 is 1.88. The second kappa shape index (κ2) is 7.71. The molecule has 90 valence electrons. The summed E-state index contributed by atoms with van der Waals surface area (Å²) in [6.45, 7) is 6.01. The molecule has 0 aliphatic rings. The molecule has 0 saturated carbocycles. The molecule has 1 atom stereocenters. The van der Waals surface area contributed by atoms with Crippen molar-refractivity contribution < 1.29 is 4.74 Å². The third kappa shape index (κ3) is 5.01. The number of hydrogen-bond acceptors (Lipinski definition) is 3. The highest BCUT2D eigenvalue weighted by atomic mass is 32.2. The molecule has 0 aliphatic heterocycles. The van der Waals surface area contributed by atoms with Gasteiger partial charge in [-0.05, 0) is 25.6 Å². The maximum Gasteiger partial charge on any atom is 0.0624 e. The molecule has 1 unspecified atom stereocenters. The van der Waals surface area contributed by atoms with Crippen molar-refractivity contribution in [2.24, 2.45) is 0 Å². The van der Waals surface area contributed by atoms with Gasteiger partial charge in [0.25, 0.3) is 0 Å². The third-order valence-electron chi connectivity index (χ3n) is 2.30. The number of nitrogens with one attached hydrogen (secondary N) is 1. The first-order valence-corrected chi connectivity index (χ1v) is 6.66. The molecule has 0 aromatic heterocycles. The van der Waals surface area contributed by atoms with Gasteiger partial charge in [-0.15, -0.1) is 11.8 Å². The largest absolute Gasteiger partial charge is 0.383 e. The van der Waals surface area contributed by atoms with Gasteiger partial charge in [-0.2, -0.15) is 0 Å². The summed E-state index contributed by atoms with van der Waals surface area (Å²) < 4.78 is 5.19. The van der Waals surface area contributed by atoms with Crippen LogP contribution in [0, 0.1) is 6.92 Å². The van der Waals surface area contributed by atoms with Gasteiger partial charge >= 0.3 is 0 Å². The molecule has 0 aliphatic carbocycles. The number of ether oxygens (including phenoxy) is 1. The van der Waals surface area contributed by atoms with Crippen molar-refractivity contribution in [1.29, 1.82) is 0 Å². The van der Waals surface area contributed by atoms with Crippen LogP contribution in [0.4, 0.5) is 0 Å². The summed E-state index contributed by atoms with van der Waals surface area (Å²) in [4.78, 5) is 1.33. The molecule has 0 heterocycles. The number of likely N-dealkylation sites (N-methyl/N-ethyl adjacent to an activating group) is 1. The lowest BCUT2D eigenvalue weighted by atomic mass is 10.2. The number of hydrogen-bond donors (Lipinski definition) is 1. The fraction of sp³-hybridized carbons (Fsp3) is 0.538. The lowest BCUT2D eigenvalue weighted by molar-refractivity contribution is 0.174. The molecular weight excluding hydrogens is 218 g/mol. The van der Waals surface area contributed by atoms with Crippen LogP contribution in [-0.4, -0.2) is 32.1 Å². The van der Waals surface area contributed by atoms with Gasteiger partial charge in [-0.25, -0.2) is 0 Å². The molecule has 0 bridgehead atoms. The summed E-state index contributed by atoms with van der Waals surface area (Å²) in [5.41, 5.74) is 1.32. The molecular formula is C13H21NOS. The van der Waals surface area contributed by atoms with E-state index in [4.69, 9.17) is 4.74 Å². The minimum Gasteiger partial charge on any atom is -0.383 e. The Bertz CT molecular complexity index is 298. The van der Waals surface area contributed by atoms with Gasteiger partial charge in [0.2, 0.25) is 0 Å². The Labute approximate surface area is 103 Å². The average Bonchev–Trinajstić information content (AvgIpc) is 2.27. The highest BCUT2D eigenvalue weighted by Crippen LogP contribution is 2.19. The van der Waals surface area contributed by atoms with Gasteiger partial charge in [0.05, 0.1) is 6.61 Å². The molecule has 1 rings (SSSR count). The summed E-state index contributed by atoms with van der Waals surface area (Å²) in [6, 6.07) is 9.05. The molecule has 1 N–H and O–H groups in total. The fourth-order valence-corrected chi connectivity index (χ4v) is 2.61. The summed E-state index contributed by atoms with van der Waals surface area (Å²) in [5, 5.41) is 3.42. The van der Waals surface area contributed by atoms with Crippen LogP contribution in [-0.2, 0) is 4.74 Å². The van der Waals surface area contributed by atoms with Gasteiger partial charge < -0.3 is 10.1 Å². The zero-order chi connectivity index (χ0) is 11.8. The van der Waals surface area contributed by atoms with E-state index in [9.17, 15) is 0 Å². The number of aryl methyl sites for hydroxylation is 1. The summed E-state index contributed by atoms with van der Waals surface area (Å²) in [7, 11) is 1.75. The Morgan fingerprint density at radius 3 is 2.88 bits per heavy atom. The molecule has 1 aromatic carbocycles. The lowest BCUT2D eigenvalue weighted by Crippen LogP contribution is -2.35. The quantitative estimate of drug-likeness (QED) is 0.739. The van der Waals surface area contributed by atoms with E-state index < -0.39 is 0 Å². The van der Waals surface area contributed by atoms with Crippen LogP contribution in [0.5, 0.6) is 0 Å². The van der Waals surface area contributed by atoms with E-state index in [0.717, 1.165) is 18.9 Å². The standard InChI is InChI=1S/C13H21NOS/c1-4-14-12(9-15-3)10-16-13-7-5-6-11(2)8-13/h5-8,12,14H,4,9-10H2,1-3H3. The highest BCUT2D eigenvalue weighted by molar-refractivity contribution is 7.99. The van der Waals surface area contributed by atoms with Crippen LogP contribution < -0.4 is 5.32 Å². The molecule has 0 spiro atoms. The molecule has 0 fully saturated rings. The number of benzene rings is 1. The first-order valence-electron chi connectivity index (χ1n) is 5.68. The number of thioether (sulfide) groups is 1. The Kier molecular flexibility index (Phi) is 6.53. The van der Waals surface area contributed by atoms with Crippen molar-refractivity contribution in [1.82, 2.24) is 5.32 Å². The molecule has 0 saturated heterocycles. The molecule has 2 nitrogen and oxygen atoms in total. The van der Waals surface area contributed by atoms with Crippen LogP contribution in [0.2, 0.25) is 0 Å². The fourth-order valence-electron chi connectivity index (χ4n) is 1.56. The van der Waals surface area contributed by atoms with Crippen LogP contribution in [0.3, 0.4) is 0 Å². The van der Waals surface area contributed by atoms with E-state index in [0.29, 0.717) is 6.04 Å². The first kappa shape index (κ1) is 13.6. The lowest BCUT2D eigenvalue weighted by Gasteiger charge is -2.16. The zero-order valence-corrected chi connectivity index (χ0v) is 11.1. The van der Waals surface area contributed by atoms with Crippen LogP contribution in [0.1, 0.15) is 12.5 Å². The van der Waals surface area contributed by atoms with Crippen molar-refractivity contribution >= 4 is 11.8 Å². The Hall–Kier alpha value is -0.510. The summed E-state index contributed by atoms with van der Waals surface area (Å²) in [6.07, 6.45) is 0. The monoisotopic (exact) mass is 239 g/mol. The smallest absolute Gasteiger partial charge is 0.0624 e. The van der Waals surface area contributed by atoms with E-state index in [1.165, 1.54) is 10.5 Å². The zero-order valence-electron chi connectivity index (χ0n) is 10.3. The second-order valence-corrected chi connectivity index (χ2v) is 4.93. The van der Waals surface area contributed by atoms with Crippen molar-refractivity contribution in [3.8, 4) is 0 Å². The molecule has 16 heavy (non-hydrogen) atoms. The van der Waals surface area contributed by atoms with Crippen molar-refractivity contribution in [3.63, 3.8) is 0 Å². The van der Waals surface area contributed by atoms with Gasteiger partial charge in [-0.3, -0.25) is 0 Å². The Morgan fingerprint density at radius 1 is 1.44 bits per heavy atom. The topological polar surface area (TPSA) is 21.3 Å². The number of rotatable bonds is 7. The third-order valence-corrected chi connectivity index (χ3v) is 3.46. The van der Waals surface area contributed by atoms with Crippen molar-refractivity contribution in [3.05, 3.63) is 29.8 Å². The normalized spacial score (nSPS) is 12.7. The first-order chi connectivity index (χ1) is 7.76. The summed E-state index contributed by atoms with van der Waals surface area (Å²) in [5.74, 6) is 1.05. The molecule has 3 heteroatoms. The van der Waals surface area contributed by atoms with E-state index >= 15 is 0 Å². The van der Waals surface area contributed by atoms with Crippen LogP contribution >= 0.6 is 11.8 Å². The maximum atomic E-state index is 5.19. The van der Waals surface area contributed by atoms with E-state index in [2.05, 4.69) is 43.4 Å². The molecule has 1 aromatic rings. The molecule has 0 radical (unpaired) electrons. The van der Waals surface area contributed by atoms with Gasteiger partial charge in [0, 0.05) is 23.8 Å². The molecule has 0 amide bonds. The van der Waals surface area contributed by atoms with E-state index in [1.807, 2.05) is 11.8 Å². The minimum atomic E-state index is 0.431. The van der Waals surface area contributed by atoms with Crippen LogP contribution in [0.25, 0.3) is 0 Å². The SMILES string of the molecule is CCNC(COC)CSc1cccc(C)c1. The predicted octanol–water partition coefficient (Wildman–Crippen LogP) is 2.71. The van der Waals surface area contributed by atoms with E-state index in [1.54, 1.807) is 7.11 Å². The van der Waals surface area contributed by atoms with Gasteiger partial charge in [0.1, 0.15) is 0 Å². The Morgan fingerprint density at radius 2 is 2.25 bits per heavy atom. The maximum absolute atomic E-state index is 5.19. The van der Waals surface area contributed by atoms with E-state index in [-0.39, 0.29) is 0 Å².